The molecule has 2 rings (SSSR count). The molecule has 0 aromatic carbocycles. The second-order valence-electron chi connectivity index (χ2n) is 3.06. The SMILES string of the molecule is N#CC1(c2ccnc(Br)c2)C=CC1. The molecule has 3 heteroatoms. The molecule has 2 nitrogen and oxygen atoms in total. The maximum absolute atomic E-state index is 9.04. The van der Waals surface area contributed by atoms with Crippen LogP contribution in [0.5, 0.6) is 0 Å². The van der Waals surface area contributed by atoms with Gasteiger partial charge in [-0.05, 0) is 40.0 Å². The maximum atomic E-state index is 9.04. The standard InChI is InChI=1S/C10H7BrN2/c11-9-6-8(2-5-13-9)10(7-12)3-1-4-10/h1-3,5-6H,4H2. The summed E-state index contributed by atoms with van der Waals surface area (Å²) in [5, 5.41) is 9.04. The average Bonchev–Trinajstić information content (AvgIpc) is 2.03. The number of allylic oxidation sites excluding steroid dienone is 2. The summed E-state index contributed by atoms with van der Waals surface area (Å²) in [4.78, 5) is 4.03. The molecule has 0 saturated heterocycles. The quantitative estimate of drug-likeness (QED) is 0.554. The summed E-state index contributed by atoms with van der Waals surface area (Å²) in [7, 11) is 0. The van der Waals surface area contributed by atoms with E-state index in [4.69, 9.17) is 5.26 Å². The van der Waals surface area contributed by atoms with Gasteiger partial charge in [-0.15, -0.1) is 0 Å². The molecule has 0 bridgehead atoms. The number of hydrogen-bond donors (Lipinski definition) is 0. The van der Waals surface area contributed by atoms with E-state index in [-0.39, 0.29) is 0 Å². The first-order chi connectivity index (χ1) is 6.27. The highest BCUT2D eigenvalue weighted by Crippen LogP contribution is 2.36. The van der Waals surface area contributed by atoms with Crippen molar-refractivity contribution in [2.75, 3.05) is 0 Å². The second kappa shape index (κ2) is 2.97. The van der Waals surface area contributed by atoms with E-state index in [9.17, 15) is 0 Å². The molecule has 0 N–H and O–H groups in total. The molecule has 0 saturated carbocycles. The fourth-order valence-electron chi connectivity index (χ4n) is 1.40. The second-order valence-corrected chi connectivity index (χ2v) is 3.87. The van der Waals surface area contributed by atoms with Crippen LogP contribution >= 0.6 is 15.9 Å². The highest BCUT2D eigenvalue weighted by atomic mass is 79.9. The fourth-order valence-corrected chi connectivity index (χ4v) is 1.76. The van der Waals surface area contributed by atoms with Gasteiger partial charge in [0, 0.05) is 6.20 Å². The van der Waals surface area contributed by atoms with Crippen LogP contribution in [0.25, 0.3) is 0 Å². The first kappa shape index (κ1) is 8.46. The molecule has 1 atom stereocenters. The minimum atomic E-state index is -0.397. The molecule has 0 fully saturated rings. The van der Waals surface area contributed by atoms with E-state index in [1.807, 2.05) is 24.3 Å². The molecule has 13 heavy (non-hydrogen) atoms. The van der Waals surface area contributed by atoms with Gasteiger partial charge in [-0.1, -0.05) is 12.2 Å². The van der Waals surface area contributed by atoms with Crippen LogP contribution in [-0.2, 0) is 5.41 Å². The zero-order valence-electron chi connectivity index (χ0n) is 6.87. The Hall–Kier alpha value is -1.14. The van der Waals surface area contributed by atoms with Crippen molar-refractivity contribution in [3.8, 4) is 6.07 Å². The molecule has 1 unspecified atom stereocenters. The van der Waals surface area contributed by atoms with Crippen LogP contribution in [0.2, 0.25) is 0 Å². The van der Waals surface area contributed by atoms with E-state index in [0.717, 1.165) is 16.6 Å². The number of hydrogen-bond acceptors (Lipinski definition) is 2. The zero-order valence-corrected chi connectivity index (χ0v) is 8.45. The molecule has 0 spiro atoms. The van der Waals surface area contributed by atoms with Crippen LogP contribution < -0.4 is 0 Å². The summed E-state index contributed by atoms with van der Waals surface area (Å²) in [5.74, 6) is 0. The topological polar surface area (TPSA) is 36.7 Å². The number of nitrogens with zero attached hydrogens (tertiary/aromatic N) is 2. The summed E-state index contributed by atoms with van der Waals surface area (Å²) < 4.78 is 0.778. The third kappa shape index (κ3) is 1.27. The molecule has 1 aliphatic rings. The average molecular weight is 235 g/mol. The number of rotatable bonds is 1. The summed E-state index contributed by atoms with van der Waals surface area (Å²) >= 11 is 3.29. The van der Waals surface area contributed by atoms with Gasteiger partial charge in [-0.3, -0.25) is 0 Å². The van der Waals surface area contributed by atoms with Crippen LogP contribution in [0.4, 0.5) is 0 Å². The first-order valence-corrected chi connectivity index (χ1v) is 4.77. The highest BCUT2D eigenvalue weighted by Gasteiger charge is 2.33. The Kier molecular flexibility index (Phi) is 1.93. The lowest BCUT2D eigenvalue weighted by Crippen LogP contribution is -2.26. The highest BCUT2D eigenvalue weighted by molar-refractivity contribution is 9.10. The fraction of sp³-hybridized carbons (Fsp3) is 0.200. The lowest BCUT2D eigenvalue weighted by atomic mass is 9.72. The smallest absolute Gasteiger partial charge is 0.106 e. The summed E-state index contributed by atoms with van der Waals surface area (Å²) in [6.07, 6.45) is 6.47. The summed E-state index contributed by atoms with van der Waals surface area (Å²) in [6.45, 7) is 0. The normalized spacial score (nSPS) is 24.9. The van der Waals surface area contributed by atoms with Crippen molar-refractivity contribution in [1.82, 2.24) is 4.98 Å². The zero-order chi connectivity index (χ0) is 9.31. The Balaban J connectivity index is 2.47. The Morgan fingerprint density at radius 3 is 2.85 bits per heavy atom. The van der Waals surface area contributed by atoms with Gasteiger partial charge in [0.25, 0.3) is 0 Å². The van der Waals surface area contributed by atoms with Crippen molar-refractivity contribution in [1.29, 1.82) is 5.26 Å². The molecular formula is C10H7BrN2. The van der Waals surface area contributed by atoms with Crippen molar-refractivity contribution in [3.63, 3.8) is 0 Å². The minimum Gasteiger partial charge on any atom is -0.249 e. The van der Waals surface area contributed by atoms with Crippen molar-refractivity contribution < 1.29 is 0 Å². The largest absolute Gasteiger partial charge is 0.249 e. The van der Waals surface area contributed by atoms with Crippen LogP contribution in [0.1, 0.15) is 12.0 Å². The van der Waals surface area contributed by atoms with E-state index in [1.165, 1.54) is 0 Å². The van der Waals surface area contributed by atoms with Gasteiger partial charge in [-0.25, -0.2) is 4.98 Å². The van der Waals surface area contributed by atoms with Crippen molar-refractivity contribution >= 4 is 15.9 Å². The molecule has 1 aromatic heterocycles. The van der Waals surface area contributed by atoms with E-state index >= 15 is 0 Å². The van der Waals surface area contributed by atoms with E-state index in [0.29, 0.717) is 0 Å². The van der Waals surface area contributed by atoms with Gasteiger partial charge in [0.1, 0.15) is 10.0 Å². The Labute approximate surface area is 85.0 Å². The number of aromatic nitrogens is 1. The van der Waals surface area contributed by atoms with Crippen molar-refractivity contribution in [2.24, 2.45) is 0 Å². The lowest BCUT2D eigenvalue weighted by molar-refractivity contribution is 0.638. The Morgan fingerprint density at radius 2 is 2.38 bits per heavy atom. The monoisotopic (exact) mass is 234 g/mol. The van der Waals surface area contributed by atoms with Gasteiger partial charge in [0.15, 0.2) is 0 Å². The van der Waals surface area contributed by atoms with Crippen LogP contribution in [0.3, 0.4) is 0 Å². The van der Waals surface area contributed by atoms with Crippen LogP contribution in [0.15, 0.2) is 35.1 Å². The van der Waals surface area contributed by atoms with Gasteiger partial charge in [-0.2, -0.15) is 5.26 Å². The molecular weight excluding hydrogens is 228 g/mol. The summed E-state index contributed by atoms with van der Waals surface area (Å²) in [6, 6.07) is 6.10. The third-order valence-corrected chi connectivity index (χ3v) is 2.72. The molecule has 1 aliphatic carbocycles. The summed E-state index contributed by atoms with van der Waals surface area (Å²) in [5.41, 5.74) is 0.616. The number of pyridine rings is 1. The van der Waals surface area contributed by atoms with Gasteiger partial charge in [0.2, 0.25) is 0 Å². The van der Waals surface area contributed by atoms with Gasteiger partial charge in [0.05, 0.1) is 6.07 Å². The molecule has 0 amide bonds. The van der Waals surface area contributed by atoms with Crippen LogP contribution in [-0.4, -0.2) is 4.98 Å². The predicted octanol–water partition coefficient (Wildman–Crippen LogP) is 2.57. The third-order valence-electron chi connectivity index (χ3n) is 2.28. The van der Waals surface area contributed by atoms with E-state index in [2.05, 4.69) is 27.0 Å². The van der Waals surface area contributed by atoms with E-state index < -0.39 is 5.41 Å². The molecule has 64 valence electrons. The Bertz CT molecular complexity index is 406. The predicted molar refractivity (Wildman–Crippen MR) is 53.0 cm³/mol. The molecule has 1 heterocycles. The maximum Gasteiger partial charge on any atom is 0.106 e. The molecule has 1 aromatic rings. The first-order valence-electron chi connectivity index (χ1n) is 3.98. The van der Waals surface area contributed by atoms with Crippen molar-refractivity contribution in [3.05, 3.63) is 40.6 Å². The van der Waals surface area contributed by atoms with Crippen molar-refractivity contribution in [2.45, 2.75) is 11.8 Å². The van der Waals surface area contributed by atoms with Crippen LogP contribution in [0, 0.1) is 11.3 Å². The van der Waals surface area contributed by atoms with E-state index in [1.54, 1.807) is 6.20 Å². The molecule has 0 radical (unpaired) electrons. The van der Waals surface area contributed by atoms with Gasteiger partial charge < -0.3 is 0 Å². The lowest BCUT2D eigenvalue weighted by Gasteiger charge is -2.28. The Morgan fingerprint density at radius 1 is 1.62 bits per heavy atom. The number of halogens is 1. The minimum absolute atomic E-state index is 0.397. The molecule has 0 aliphatic heterocycles. The number of nitriles is 1. The van der Waals surface area contributed by atoms with Gasteiger partial charge >= 0.3 is 0 Å².